The van der Waals surface area contributed by atoms with Crippen molar-refractivity contribution in [2.24, 2.45) is 0 Å². The normalized spacial score (nSPS) is 17.6. The standard InChI is InChI=1S/C17H20N2O4/c1-2-22-16-9-12(5-6-15(16)20)8-13(10-18)17(21)19-11-14-4-3-7-23-14/h5-6,8-9,14,20H,2-4,7,11H2,1H3,(H,19,21)/b13-8+/t14-/m0/s1. The summed E-state index contributed by atoms with van der Waals surface area (Å²) < 4.78 is 10.7. The number of nitrogens with zero attached hydrogens (tertiary/aromatic N) is 1. The van der Waals surface area contributed by atoms with Crippen LogP contribution in [0.4, 0.5) is 0 Å². The zero-order chi connectivity index (χ0) is 16.7. The van der Waals surface area contributed by atoms with Crippen LogP contribution in [0.5, 0.6) is 11.5 Å². The van der Waals surface area contributed by atoms with Gasteiger partial charge in [0.05, 0.1) is 12.7 Å². The van der Waals surface area contributed by atoms with E-state index in [1.165, 1.54) is 12.1 Å². The summed E-state index contributed by atoms with van der Waals surface area (Å²) in [5.41, 5.74) is 0.603. The molecule has 1 aliphatic rings. The lowest BCUT2D eigenvalue weighted by Gasteiger charge is -2.10. The zero-order valence-corrected chi connectivity index (χ0v) is 13.0. The molecular weight excluding hydrogens is 296 g/mol. The van der Waals surface area contributed by atoms with Crippen molar-refractivity contribution < 1.29 is 19.4 Å². The predicted molar refractivity (Wildman–Crippen MR) is 84.8 cm³/mol. The van der Waals surface area contributed by atoms with Crippen LogP contribution >= 0.6 is 0 Å². The lowest BCUT2D eigenvalue weighted by Crippen LogP contribution is -2.32. The highest BCUT2D eigenvalue weighted by Crippen LogP contribution is 2.27. The van der Waals surface area contributed by atoms with E-state index < -0.39 is 5.91 Å². The predicted octanol–water partition coefficient (Wildman–Crippen LogP) is 1.99. The highest BCUT2D eigenvalue weighted by Gasteiger charge is 2.17. The molecule has 2 rings (SSSR count). The average Bonchev–Trinajstić information content (AvgIpc) is 3.07. The summed E-state index contributed by atoms with van der Waals surface area (Å²) in [6.45, 7) is 3.34. The molecule has 6 heteroatoms. The van der Waals surface area contributed by atoms with E-state index in [0.29, 0.717) is 24.5 Å². The van der Waals surface area contributed by atoms with Crippen molar-refractivity contribution in [3.63, 3.8) is 0 Å². The van der Waals surface area contributed by atoms with Crippen LogP contribution in [-0.4, -0.2) is 36.9 Å². The summed E-state index contributed by atoms with van der Waals surface area (Å²) in [7, 11) is 0. The SMILES string of the molecule is CCOc1cc(/C=C(\C#N)C(=O)NC[C@@H]2CCCO2)ccc1O. The second-order valence-electron chi connectivity index (χ2n) is 5.18. The first-order valence-corrected chi connectivity index (χ1v) is 7.61. The van der Waals surface area contributed by atoms with Gasteiger partial charge in [0, 0.05) is 13.2 Å². The van der Waals surface area contributed by atoms with Crippen molar-refractivity contribution in [1.82, 2.24) is 5.32 Å². The Kier molecular flexibility index (Phi) is 6.01. The van der Waals surface area contributed by atoms with Crippen LogP contribution in [0.25, 0.3) is 6.08 Å². The van der Waals surface area contributed by atoms with Crippen LogP contribution in [0.2, 0.25) is 0 Å². The monoisotopic (exact) mass is 316 g/mol. The molecule has 0 bridgehead atoms. The molecule has 0 aliphatic carbocycles. The summed E-state index contributed by atoms with van der Waals surface area (Å²) in [5.74, 6) is -0.0994. The van der Waals surface area contributed by atoms with Crippen LogP contribution in [0.15, 0.2) is 23.8 Å². The van der Waals surface area contributed by atoms with Crippen molar-refractivity contribution in [3.8, 4) is 17.6 Å². The Balaban J connectivity index is 2.06. The fourth-order valence-electron chi connectivity index (χ4n) is 2.31. The maximum Gasteiger partial charge on any atom is 0.262 e. The summed E-state index contributed by atoms with van der Waals surface area (Å²) >= 11 is 0. The number of hydrogen-bond donors (Lipinski definition) is 2. The Bertz CT molecular complexity index is 628. The number of benzene rings is 1. The number of carbonyl (C=O) groups is 1. The van der Waals surface area contributed by atoms with Crippen molar-refractivity contribution in [3.05, 3.63) is 29.3 Å². The lowest BCUT2D eigenvalue weighted by molar-refractivity contribution is -0.117. The number of nitriles is 1. The number of aromatic hydroxyl groups is 1. The van der Waals surface area contributed by atoms with E-state index in [-0.39, 0.29) is 17.4 Å². The third kappa shape index (κ3) is 4.73. The van der Waals surface area contributed by atoms with Gasteiger partial charge in [-0.15, -0.1) is 0 Å². The molecular formula is C17H20N2O4. The minimum absolute atomic E-state index is 0.00358. The summed E-state index contributed by atoms with van der Waals surface area (Å²) in [5, 5.41) is 21.6. The molecule has 0 spiro atoms. The number of phenols is 1. The molecule has 0 radical (unpaired) electrons. The van der Waals surface area contributed by atoms with Crippen molar-refractivity contribution in [2.75, 3.05) is 19.8 Å². The van der Waals surface area contributed by atoms with E-state index in [1.807, 2.05) is 6.07 Å². The van der Waals surface area contributed by atoms with Gasteiger partial charge in [0.1, 0.15) is 11.6 Å². The van der Waals surface area contributed by atoms with Crippen LogP contribution in [0, 0.1) is 11.3 Å². The molecule has 1 aromatic rings. The fraction of sp³-hybridized carbons (Fsp3) is 0.412. The molecule has 0 aromatic heterocycles. The Morgan fingerprint density at radius 1 is 1.61 bits per heavy atom. The van der Waals surface area contributed by atoms with Gasteiger partial charge in [0.2, 0.25) is 0 Å². The van der Waals surface area contributed by atoms with Crippen LogP contribution < -0.4 is 10.1 Å². The van der Waals surface area contributed by atoms with Gasteiger partial charge in [-0.3, -0.25) is 4.79 Å². The number of hydrogen-bond acceptors (Lipinski definition) is 5. The third-order valence-corrected chi connectivity index (χ3v) is 3.47. The molecule has 6 nitrogen and oxygen atoms in total. The summed E-state index contributed by atoms with van der Waals surface area (Å²) in [6, 6.07) is 6.57. The van der Waals surface area contributed by atoms with Crippen LogP contribution in [-0.2, 0) is 9.53 Å². The number of nitrogens with one attached hydrogen (secondary N) is 1. The van der Waals surface area contributed by atoms with Gasteiger partial charge in [-0.25, -0.2) is 0 Å². The number of amides is 1. The molecule has 0 unspecified atom stereocenters. The third-order valence-electron chi connectivity index (χ3n) is 3.47. The van der Waals surface area contributed by atoms with E-state index >= 15 is 0 Å². The van der Waals surface area contributed by atoms with Gasteiger partial charge in [0.15, 0.2) is 11.5 Å². The Hall–Kier alpha value is -2.52. The largest absolute Gasteiger partial charge is 0.504 e. The van der Waals surface area contributed by atoms with Gasteiger partial charge < -0.3 is 19.9 Å². The highest BCUT2D eigenvalue weighted by molar-refractivity contribution is 6.01. The molecule has 1 atom stereocenters. The Labute approximate surface area is 135 Å². The number of phenolic OH excluding ortho intramolecular Hbond substituents is 1. The van der Waals surface area contributed by atoms with E-state index in [4.69, 9.17) is 9.47 Å². The maximum absolute atomic E-state index is 12.1. The molecule has 1 aromatic carbocycles. The summed E-state index contributed by atoms with van der Waals surface area (Å²) in [6.07, 6.45) is 3.40. The molecule has 1 fully saturated rings. The highest BCUT2D eigenvalue weighted by atomic mass is 16.5. The quantitative estimate of drug-likeness (QED) is 0.618. The minimum atomic E-state index is -0.436. The van der Waals surface area contributed by atoms with E-state index in [9.17, 15) is 15.2 Å². The topological polar surface area (TPSA) is 91.6 Å². The van der Waals surface area contributed by atoms with Crippen LogP contribution in [0.1, 0.15) is 25.3 Å². The Morgan fingerprint density at radius 2 is 2.43 bits per heavy atom. The number of carbonyl (C=O) groups excluding carboxylic acids is 1. The van der Waals surface area contributed by atoms with Crippen molar-refractivity contribution >= 4 is 12.0 Å². The molecule has 23 heavy (non-hydrogen) atoms. The molecule has 1 heterocycles. The average molecular weight is 316 g/mol. The molecule has 122 valence electrons. The van der Waals surface area contributed by atoms with E-state index in [0.717, 1.165) is 19.4 Å². The molecule has 1 saturated heterocycles. The van der Waals surface area contributed by atoms with Gasteiger partial charge in [-0.1, -0.05) is 6.07 Å². The Morgan fingerprint density at radius 3 is 3.09 bits per heavy atom. The number of ether oxygens (including phenoxy) is 2. The fourth-order valence-corrected chi connectivity index (χ4v) is 2.31. The summed E-state index contributed by atoms with van der Waals surface area (Å²) in [4.78, 5) is 12.1. The van der Waals surface area contributed by atoms with Crippen molar-refractivity contribution in [2.45, 2.75) is 25.9 Å². The van der Waals surface area contributed by atoms with Gasteiger partial charge >= 0.3 is 0 Å². The van der Waals surface area contributed by atoms with Gasteiger partial charge in [-0.05, 0) is 43.5 Å². The first-order valence-electron chi connectivity index (χ1n) is 7.61. The second kappa shape index (κ2) is 8.20. The molecule has 1 amide bonds. The first-order chi connectivity index (χ1) is 11.1. The first kappa shape index (κ1) is 16.8. The number of rotatable bonds is 6. The zero-order valence-electron chi connectivity index (χ0n) is 13.0. The van der Waals surface area contributed by atoms with E-state index in [2.05, 4.69) is 5.32 Å². The van der Waals surface area contributed by atoms with Crippen molar-refractivity contribution in [1.29, 1.82) is 5.26 Å². The van der Waals surface area contributed by atoms with Gasteiger partial charge in [0.25, 0.3) is 5.91 Å². The molecule has 0 saturated carbocycles. The molecule has 2 N–H and O–H groups in total. The second-order valence-corrected chi connectivity index (χ2v) is 5.18. The lowest BCUT2D eigenvalue weighted by atomic mass is 10.1. The van der Waals surface area contributed by atoms with E-state index in [1.54, 1.807) is 19.1 Å². The van der Waals surface area contributed by atoms with Gasteiger partial charge in [-0.2, -0.15) is 5.26 Å². The minimum Gasteiger partial charge on any atom is -0.504 e. The maximum atomic E-state index is 12.1. The smallest absolute Gasteiger partial charge is 0.262 e. The molecule has 1 aliphatic heterocycles. The van der Waals surface area contributed by atoms with Crippen LogP contribution in [0.3, 0.4) is 0 Å².